The minimum atomic E-state index is -4.21. The van der Waals surface area contributed by atoms with Crippen molar-refractivity contribution in [1.29, 1.82) is 0 Å². The van der Waals surface area contributed by atoms with Gasteiger partial charge in [-0.2, -0.15) is 18.7 Å². The molecule has 1 heterocycles. The summed E-state index contributed by atoms with van der Waals surface area (Å²) in [5.74, 6) is -2.79. The van der Waals surface area contributed by atoms with Crippen LogP contribution in [-0.2, 0) is 19.2 Å². The maximum absolute atomic E-state index is 12.7. The Bertz CT molecular complexity index is 425. The molecule has 2 aliphatic rings. The Morgan fingerprint density at radius 3 is 2.70 bits per heavy atom. The van der Waals surface area contributed by atoms with Crippen LogP contribution in [-0.4, -0.2) is 37.4 Å². The first-order chi connectivity index (χ1) is 10.8. The van der Waals surface area contributed by atoms with Crippen LogP contribution in [0.25, 0.3) is 0 Å². The zero-order valence-electron chi connectivity index (χ0n) is 12.7. The van der Waals surface area contributed by atoms with Crippen LogP contribution in [0.4, 0.5) is 13.2 Å². The third-order valence-electron chi connectivity index (χ3n) is 4.13. The maximum Gasteiger partial charge on any atom is 0.391 e. The van der Waals surface area contributed by atoms with E-state index >= 15 is 0 Å². The second-order valence-electron chi connectivity index (χ2n) is 6.01. The van der Waals surface area contributed by atoms with E-state index in [0.717, 1.165) is 0 Å². The highest BCUT2D eigenvalue weighted by molar-refractivity contribution is 5.80. The quantitative estimate of drug-likeness (QED) is 0.746. The molecule has 0 aromatic heterocycles. The third-order valence-corrected chi connectivity index (χ3v) is 4.13. The van der Waals surface area contributed by atoms with E-state index in [0.29, 0.717) is 25.9 Å². The van der Waals surface area contributed by atoms with E-state index in [1.165, 1.54) is 0 Å². The molecular weight excluding hydrogens is 317 g/mol. The van der Waals surface area contributed by atoms with Gasteiger partial charge in [0.1, 0.15) is 6.17 Å². The second-order valence-corrected chi connectivity index (χ2v) is 6.01. The Morgan fingerprint density at radius 2 is 2.04 bits per heavy atom. The fourth-order valence-electron chi connectivity index (χ4n) is 2.95. The Hall–Kier alpha value is -1.35. The number of rotatable bonds is 5. The monoisotopic (exact) mass is 338 g/mol. The minimum absolute atomic E-state index is 0.0475. The van der Waals surface area contributed by atoms with E-state index in [-0.39, 0.29) is 31.3 Å². The molecule has 3 unspecified atom stereocenters. The van der Waals surface area contributed by atoms with Gasteiger partial charge < -0.3 is 10.1 Å². The minimum Gasteiger partial charge on any atom is -0.456 e. The van der Waals surface area contributed by atoms with Crippen LogP contribution < -0.4 is 10.8 Å². The van der Waals surface area contributed by atoms with Crippen LogP contribution in [0.3, 0.4) is 0 Å². The molecule has 3 atom stereocenters. The highest BCUT2D eigenvalue weighted by atomic mass is 19.4. The summed E-state index contributed by atoms with van der Waals surface area (Å²) in [5.41, 5.74) is 2.58. The van der Waals surface area contributed by atoms with Gasteiger partial charge in [0, 0.05) is 12.8 Å². The van der Waals surface area contributed by atoms with Gasteiger partial charge >= 0.3 is 12.1 Å². The van der Waals surface area contributed by atoms with Crippen molar-refractivity contribution >= 4 is 11.9 Å². The summed E-state index contributed by atoms with van der Waals surface area (Å²) in [6, 6.07) is 0. The van der Waals surface area contributed by atoms with E-state index in [9.17, 15) is 22.8 Å². The first kappa shape index (κ1) is 18.0. The van der Waals surface area contributed by atoms with Crippen molar-refractivity contribution < 1.29 is 32.3 Å². The number of alkyl halides is 3. The zero-order valence-corrected chi connectivity index (χ0v) is 12.7. The molecule has 132 valence electrons. The number of ether oxygens (including phenoxy) is 1. The topological polar surface area (TPSA) is 76.7 Å². The molecule has 2 fully saturated rings. The highest BCUT2D eigenvalue weighted by Crippen LogP contribution is 2.40. The van der Waals surface area contributed by atoms with Crippen LogP contribution in [0.5, 0.6) is 0 Å². The smallest absolute Gasteiger partial charge is 0.391 e. The Labute approximate surface area is 132 Å². The van der Waals surface area contributed by atoms with Crippen molar-refractivity contribution in [3.05, 3.63) is 0 Å². The summed E-state index contributed by atoms with van der Waals surface area (Å²) in [7, 11) is 0. The van der Waals surface area contributed by atoms with Crippen molar-refractivity contribution in [2.24, 2.45) is 11.8 Å². The number of hydrogen-bond acceptors (Lipinski definition) is 5. The number of esters is 1. The molecule has 0 aromatic carbocycles. The van der Waals surface area contributed by atoms with Gasteiger partial charge in [0.15, 0.2) is 6.61 Å². The van der Waals surface area contributed by atoms with Gasteiger partial charge in [-0.05, 0) is 25.2 Å². The zero-order chi connectivity index (χ0) is 16.9. The van der Waals surface area contributed by atoms with Gasteiger partial charge in [-0.25, -0.2) is 0 Å². The number of carbonyl (C=O) groups is 2. The molecule has 2 rings (SSSR count). The normalized spacial score (nSPS) is 28.4. The van der Waals surface area contributed by atoms with Crippen molar-refractivity contribution in [2.45, 2.75) is 50.9 Å². The maximum atomic E-state index is 12.7. The molecule has 1 aliphatic heterocycles. The molecule has 1 saturated carbocycles. The molecule has 1 saturated heterocycles. The first-order valence-corrected chi connectivity index (χ1v) is 7.73. The third kappa shape index (κ3) is 5.98. The van der Waals surface area contributed by atoms with Crippen LogP contribution in [0.1, 0.15) is 38.5 Å². The molecule has 23 heavy (non-hydrogen) atoms. The van der Waals surface area contributed by atoms with Crippen LogP contribution in [0, 0.1) is 11.8 Å². The molecule has 0 aromatic rings. The molecule has 0 spiro atoms. The van der Waals surface area contributed by atoms with E-state index in [4.69, 9.17) is 9.57 Å². The lowest BCUT2D eigenvalue weighted by Gasteiger charge is -2.29. The summed E-state index contributed by atoms with van der Waals surface area (Å²) >= 11 is 0. The average Bonchev–Trinajstić information content (AvgIpc) is 2.97. The Kier molecular flexibility index (Phi) is 6.23. The number of nitrogens with one attached hydrogen (secondary N) is 2. The SMILES string of the molecule is O=C(COC(=O)CC1CCCC(C(F)(F)F)C1)NC1CCON1. The van der Waals surface area contributed by atoms with E-state index in [1.54, 1.807) is 0 Å². The summed E-state index contributed by atoms with van der Waals surface area (Å²) in [6.07, 6.45) is -2.88. The first-order valence-electron chi connectivity index (χ1n) is 7.73. The summed E-state index contributed by atoms with van der Waals surface area (Å²) in [5, 5.41) is 2.56. The van der Waals surface area contributed by atoms with Gasteiger partial charge in [-0.3, -0.25) is 14.4 Å². The second kappa shape index (κ2) is 7.96. The van der Waals surface area contributed by atoms with Gasteiger partial charge in [0.25, 0.3) is 5.91 Å². The van der Waals surface area contributed by atoms with E-state index < -0.39 is 30.6 Å². The number of carbonyl (C=O) groups excluding carboxylic acids is 2. The lowest BCUT2D eigenvalue weighted by molar-refractivity contribution is -0.187. The summed E-state index contributed by atoms with van der Waals surface area (Å²) < 4.78 is 43.0. The molecule has 6 nitrogen and oxygen atoms in total. The van der Waals surface area contributed by atoms with Crippen LogP contribution in [0.2, 0.25) is 0 Å². The van der Waals surface area contributed by atoms with Crippen molar-refractivity contribution in [2.75, 3.05) is 13.2 Å². The van der Waals surface area contributed by atoms with E-state index in [2.05, 4.69) is 10.8 Å². The van der Waals surface area contributed by atoms with Crippen molar-refractivity contribution in [3.8, 4) is 0 Å². The molecule has 1 aliphatic carbocycles. The molecule has 9 heteroatoms. The molecule has 1 amide bonds. The van der Waals surface area contributed by atoms with Crippen molar-refractivity contribution in [1.82, 2.24) is 10.8 Å². The van der Waals surface area contributed by atoms with E-state index in [1.807, 2.05) is 0 Å². The molecular formula is C14H21F3N2O4. The predicted octanol–water partition coefficient (Wildman–Crippen LogP) is 1.66. The number of amides is 1. The molecule has 0 radical (unpaired) electrons. The van der Waals surface area contributed by atoms with Gasteiger partial charge in [0.05, 0.1) is 12.5 Å². The lowest BCUT2D eigenvalue weighted by Crippen LogP contribution is -2.42. The molecule has 0 bridgehead atoms. The number of hydrogen-bond donors (Lipinski definition) is 2. The van der Waals surface area contributed by atoms with Gasteiger partial charge in [0.2, 0.25) is 0 Å². The standard InChI is InChI=1S/C14H21F3N2O4/c15-14(16,17)10-3-1-2-9(6-10)7-13(21)22-8-12(20)18-11-4-5-23-19-11/h9-11,19H,1-8H2,(H,18,20). The summed E-state index contributed by atoms with van der Waals surface area (Å²) in [4.78, 5) is 28.1. The fraction of sp³-hybridized carbons (Fsp3) is 0.857. The van der Waals surface area contributed by atoms with Gasteiger partial charge in [-0.15, -0.1) is 0 Å². The number of halogens is 3. The molecule has 2 N–H and O–H groups in total. The fourth-order valence-corrected chi connectivity index (χ4v) is 2.95. The number of hydroxylamine groups is 1. The lowest BCUT2D eigenvalue weighted by atomic mass is 9.79. The van der Waals surface area contributed by atoms with Crippen LogP contribution >= 0.6 is 0 Å². The highest BCUT2D eigenvalue weighted by Gasteiger charge is 2.42. The van der Waals surface area contributed by atoms with Crippen LogP contribution in [0.15, 0.2) is 0 Å². The summed E-state index contributed by atoms with van der Waals surface area (Å²) in [6.45, 7) is 0.0409. The average molecular weight is 338 g/mol. The Balaban J connectivity index is 1.66. The largest absolute Gasteiger partial charge is 0.456 e. The predicted molar refractivity (Wildman–Crippen MR) is 72.7 cm³/mol. The van der Waals surface area contributed by atoms with Crippen molar-refractivity contribution in [3.63, 3.8) is 0 Å². The Morgan fingerprint density at radius 1 is 1.26 bits per heavy atom. The van der Waals surface area contributed by atoms with Gasteiger partial charge in [-0.1, -0.05) is 6.42 Å².